The Balaban J connectivity index is 0.00000420. The third-order valence-electron chi connectivity index (χ3n) is 6.01. The lowest BCUT2D eigenvalue weighted by molar-refractivity contribution is 0.0956. The Bertz CT molecular complexity index is 1570. The van der Waals surface area contributed by atoms with Crippen LogP contribution >= 0.6 is 12.4 Å². The highest BCUT2D eigenvalue weighted by atomic mass is 35.5. The highest BCUT2D eigenvalue weighted by Gasteiger charge is 2.20. The van der Waals surface area contributed by atoms with E-state index in [4.69, 9.17) is 4.99 Å². The van der Waals surface area contributed by atoms with E-state index >= 15 is 0 Å². The number of hydrogen-bond donors (Lipinski definition) is 4. The summed E-state index contributed by atoms with van der Waals surface area (Å²) in [6, 6.07) is 21.6. The van der Waals surface area contributed by atoms with Gasteiger partial charge in [0.15, 0.2) is 5.88 Å². The molecule has 4 aromatic rings. The van der Waals surface area contributed by atoms with Crippen molar-refractivity contribution in [3.63, 3.8) is 0 Å². The Morgan fingerprint density at radius 2 is 1.72 bits per heavy atom. The Kier molecular flexibility index (Phi) is 9.74. The molecular weight excluding hydrogens is 538 g/mol. The Morgan fingerprint density at radius 3 is 2.33 bits per heavy atom. The first-order valence-corrected chi connectivity index (χ1v) is 14.1. The summed E-state index contributed by atoms with van der Waals surface area (Å²) in [6.07, 6.45) is 1.18. The standard InChI is InChI=1S/C28H31N5O4S.ClH/c1-4-30-27(34)20-10-15-23-24(18-20)32-28(35)25(23)26(19-8-6-5-7-9-19)31-21-11-13-22(14-12-21)33(17-16-29-2)38(3,36)37;/h5-15,18,29,32,35H,4,16-17H2,1-3H3,(H,30,34);1H. The number of anilines is 1. The molecule has 1 amide bonds. The summed E-state index contributed by atoms with van der Waals surface area (Å²) in [5.74, 6) is -0.262. The van der Waals surface area contributed by atoms with Gasteiger partial charge in [-0.25, -0.2) is 13.4 Å². The molecule has 0 radical (unpaired) electrons. The third kappa shape index (κ3) is 6.78. The number of aromatic amines is 1. The minimum absolute atomic E-state index is 0. The van der Waals surface area contributed by atoms with Crippen LogP contribution in [-0.2, 0) is 10.0 Å². The van der Waals surface area contributed by atoms with Gasteiger partial charge in [-0.05, 0) is 50.4 Å². The largest absolute Gasteiger partial charge is 0.494 e. The molecule has 3 aromatic carbocycles. The number of rotatable bonds is 10. The Labute approximate surface area is 234 Å². The average molecular weight is 570 g/mol. The van der Waals surface area contributed by atoms with Gasteiger partial charge in [0, 0.05) is 41.7 Å². The molecule has 0 fully saturated rings. The first-order chi connectivity index (χ1) is 18.2. The van der Waals surface area contributed by atoms with E-state index in [0.29, 0.717) is 58.8 Å². The number of aromatic nitrogens is 1. The number of H-pyrrole nitrogens is 1. The number of aliphatic imine (C=N–C) groups is 1. The highest BCUT2D eigenvalue weighted by Crippen LogP contribution is 2.32. The van der Waals surface area contributed by atoms with Gasteiger partial charge in [-0.2, -0.15) is 0 Å². The van der Waals surface area contributed by atoms with E-state index in [9.17, 15) is 18.3 Å². The van der Waals surface area contributed by atoms with E-state index in [2.05, 4.69) is 15.6 Å². The molecule has 0 aliphatic heterocycles. The van der Waals surface area contributed by atoms with Crippen LogP contribution in [0, 0.1) is 0 Å². The maximum absolute atomic E-state index is 12.3. The van der Waals surface area contributed by atoms with Gasteiger partial charge in [-0.1, -0.05) is 36.4 Å². The number of carbonyl (C=O) groups excluding carboxylic acids is 1. The lowest BCUT2D eigenvalue weighted by Gasteiger charge is -2.22. The van der Waals surface area contributed by atoms with E-state index in [1.54, 1.807) is 49.5 Å². The Hall–Kier alpha value is -3.86. The van der Waals surface area contributed by atoms with E-state index in [1.165, 1.54) is 10.6 Å². The van der Waals surface area contributed by atoms with E-state index in [1.807, 2.05) is 37.3 Å². The summed E-state index contributed by atoms with van der Waals surface area (Å²) in [7, 11) is -1.69. The summed E-state index contributed by atoms with van der Waals surface area (Å²) in [4.78, 5) is 20.2. The molecule has 0 aliphatic carbocycles. The zero-order chi connectivity index (χ0) is 27.3. The highest BCUT2D eigenvalue weighted by molar-refractivity contribution is 7.92. The molecule has 0 unspecified atom stereocenters. The van der Waals surface area contributed by atoms with Crippen LogP contribution in [0.4, 0.5) is 11.4 Å². The molecule has 0 aliphatic rings. The van der Waals surface area contributed by atoms with Crippen molar-refractivity contribution >= 4 is 56.3 Å². The Morgan fingerprint density at radius 1 is 1.03 bits per heavy atom. The molecule has 4 rings (SSSR count). The summed E-state index contributed by atoms with van der Waals surface area (Å²) in [6.45, 7) is 3.17. The fourth-order valence-corrected chi connectivity index (χ4v) is 5.14. The number of likely N-dealkylation sites (N-methyl/N-ethyl adjacent to an activating group) is 1. The van der Waals surface area contributed by atoms with Gasteiger partial charge in [0.25, 0.3) is 5.91 Å². The van der Waals surface area contributed by atoms with Gasteiger partial charge in [0.2, 0.25) is 10.0 Å². The normalized spacial score (nSPS) is 11.7. The van der Waals surface area contributed by atoms with Crippen molar-refractivity contribution in [2.24, 2.45) is 4.99 Å². The number of benzene rings is 3. The molecule has 1 aromatic heterocycles. The van der Waals surface area contributed by atoms with Gasteiger partial charge in [-0.3, -0.25) is 9.10 Å². The number of nitrogens with zero attached hydrogens (tertiary/aromatic N) is 2. The lowest BCUT2D eigenvalue weighted by atomic mass is 10.00. The molecule has 206 valence electrons. The summed E-state index contributed by atoms with van der Waals surface area (Å²) in [5, 5.41) is 17.4. The van der Waals surface area contributed by atoms with Gasteiger partial charge >= 0.3 is 0 Å². The predicted molar refractivity (Wildman–Crippen MR) is 160 cm³/mol. The van der Waals surface area contributed by atoms with Crippen molar-refractivity contribution in [3.05, 3.63) is 89.5 Å². The second-order valence-electron chi connectivity index (χ2n) is 8.75. The minimum Gasteiger partial charge on any atom is -0.494 e. The van der Waals surface area contributed by atoms with E-state index in [0.717, 1.165) is 5.56 Å². The molecule has 39 heavy (non-hydrogen) atoms. The maximum Gasteiger partial charge on any atom is 0.251 e. The fraction of sp³-hybridized carbons (Fsp3) is 0.214. The first kappa shape index (κ1) is 29.7. The lowest BCUT2D eigenvalue weighted by Crippen LogP contribution is -2.35. The SMILES string of the molecule is CCNC(=O)c1ccc2c(C(=Nc3ccc(N(CCNC)S(C)(=O)=O)cc3)c3ccccc3)c(O)[nH]c2c1.Cl. The van der Waals surface area contributed by atoms with Crippen LogP contribution in [0.5, 0.6) is 5.88 Å². The first-order valence-electron chi connectivity index (χ1n) is 12.2. The maximum atomic E-state index is 12.3. The van der Waals surface area contributed by atoms with Gasteiger partial charge in [0.1, 0.15) is 0 Å². The predicted octanol–water partition coefficient (Wildman–Crippen LogP) is 4.20. The van der Waals surface area contributed by atoms with Crippen LogP contribution in [0.25, 0.3) is 10.9 Å². The molecule has 0 saturated carbocycles. The molecule has 0 spiro atoms. The van der Waals surface area contributed by atoms with Crippen molar-refractivity contribution < 1.29 is 18.3 Å². The van der Waals surface area contributed by atoms with Crippen LogP contribution < -0.4 is 14.9 Å². The van der Waals surface area contributed by atoms with E-state index in [-0.39, 0.29) is 24.2 Å². The summed E-state index contributed by atoms with van der Waals surface area (Å²) in [5.41, 5.74) is 4.03. The van der Waals surface area contributed by atoms with Gasteiger partial charge in [-0.15, -0.1) is 12.4 Å². The minimum atomic E-state index is -3.46. The number of fused-ring (bicyclic) bond motifs is 1. The van der Waals surface area contributed by atoms with E-state index < -0.39 is 10.0 Å². The van der Waals surface area contributed by atoms with Crippen molar-refractivity contribution in [3.8, 4) is 5.88 Å². The molecule has 0 bridgehead atoms. The number of carbonyl (C=O) groups is 1. The quantitative estimate of drug-likeness (QED) is 0.213. The van der Waals surface area contributed by atoms with Crippen molar-refractivity contribution in [1.82, 2.24) is 15.6 Å². The second kappa shape index (κ2) is 12.8. The fourth-order valence-electron chi connectivity index (χ4n) is 4.21. The summed E-state index contributed by atoms with van der Waals surface area (Å²) < 4.78 is 26.0. The summed E-state index contributed by atoms with van der Waals surface area (Å²) >= 11 is 0. The van der Waals surface area contributed by atoms with Gasteiger partial charge < -0.3 is 20.7 Å². The van der Waals surface area contributed by atoms with Crippen LogP contribution in [0.1, 0.15) is 28.4 Å². The number of hydrogen-bond acceptors (Lipinski definition) is 6. The van der Waals surface area contributed by atoms with Gasteiger partial charge in [0.05, 0.1) is 28.9 Å². The number of nitrogens with one attached hydrogen (secondary N) is 3. The average Bonchev–Trinajstić information content (AvgIpc) is 3.23. The number of amides is 1. The third-order valence-corrected chi connectivity index (χ3v) is 7.20. The molecule has 4 N–H and O–H groups in total. The van der Waals surface area contributed by atoms with Crippen molar-refractivity contribution in [1.29, 1.82) is 0 Å². The van der Waals surface area contributed by atoms with Crippen LogP contribution in [0.15, 0.2) is 77.8 Å². The van der Waals surface area contributed by atoms with Crippen LogP contribution in [0.2, 0.25) is 0 Å². The topological polar surface area (TPSA) is 127 Å². The molecule has 9 nitrogen and oxygen atoms in total. The van der Waals surface area contributed by atoms with Crippen molar-refractivity contribution in [2.45, 2.75) is 6.92 Å². The zero-order valence-corrected chi connectivity index (χ0v) is 23.6. The zero-order valence-electron chi connectivity index (χ0n) is 21.9. The molecule has 0 atom stereocenters. The monoisotopic (exact) mass is 569 g/mol. The smallest absolute Gasteiger partial charge is 0.251 e. The van der Waals surface area contributed by atoms with Crippen LogP contribution in [-0.4, -0.2) is 63.1 Å². The molecule has 1 heterocycles. The number of aromatic hydroxyl groups is 1. The number of sulfonamides is 1. The second-order valence-corrected chi connectivity index (χ2v) is 10.7. The molecule has 11 heteroatoms. The van der Waals surface area contributed by atoms with Crippen molar-refractivity contribution in [2.75, 3.05) is 37.2 Å². The molecular formula is C28H32ClN5O4S. The van der Waals surface area contributed by atoms with Crippen LogP contribution in [0.3, 0.4) is 0 Å². The molecule has 0 saturated heterocycles. The number of halogens is 1.